The quantitative estimate of drug-likeness (QED) is 0.529. The Kier molecular flexibility index (Phi) is 6.77. The van der Waals surface area contributed by atoms with Crippen molar-refractivity contribution in [2.45, 2.75) is 32.7 Å². The summed E-state index contributed by atoms with van der Waals surface area (Å²) in [5, 5.41) is 2.57. The Morgan fingerprint density at radius 1 is 1.17 bits per heavy atom. The average molecular weight is 431 g/mol. The van der Waals surface area contributed by atoms with E-state index >= 15 is 0 Å². The number of nitrogens with two attached hydrogens (primary N) is 1. The number of aromatic nitrogens is 1. The number of esters is 1. The lowest BCUT2D eigenvalue weighted by molar-refractivity contribution is -0.140. The van der Waals surface area contributed by atoms with Crippen LogP contribution in [0.3, 0.4) is 0 Å². The van der Waals surface area contributed by atoms with E-state index in [-0.39, 0.29) is 12.4 Å². The van der Waals surface area contributed by atoms with Crippen molar-refractivity contribution in [2.75, 3.05) is 7.11 Å². The zero-order valence-electron chi connectivity index (χ0n) is 16.4. The Hall–Kier alpha value is -2.57. The standard InChI is InChI=1S/C22H23ClN2O3S/c1-14-20(22(24)27)21(16-7-3-4-8-17(16)23)18(9-10-19(26)28-2)25(14)12-11-15-6-5-13-29-15/h3-8,13H,9-12H2,1-2H3,(H2,24,27). The maximum absolute atomic E-state index is 12.4. The summed E-state index contributed by atoms with van der Waals surface area (Å²) in [6, 6.07) is 11.5. The number of carbonyl (C=O) groups excluding carboxylic acids is 2. The van der Waals surface area contributed by atoms with Gasteiger partial charge >= 0.3 is 5.97 Å². The van der Waals surface area contributed by atoms with Gasteiger partial charge in [-0.25, -0.2) is 0 Å². The van der Waals surface area contributed by atoms with Crippen molar-refractivity contribution < 1.29 is 14.3 Å². The van der Waals surface area contributed by atoms with Crippen molar-refractivity contribution in [3.8, 4) is 11.1 Å². The first-order valence-electron chi connectivity index (χ1n) is 9.29. The van der Waals surface area contributed by atoms with Crippen LogP contribution in [0.2, 0.25) is 5.02 Å². The SMILES string of the molecule is COC(=O)CCc1c(-c2ccccc2Cl)c(C(N)=O)c(C)n1CCc1cccs1. The smallest absolute Gasteiger partial charge is 0.305 e. The van der Waals surface area contributed by atoms with Crippen LogP contribution in [-0.4, -0.2) is 23.6 Å². The lowest BCUT2D eigenvalue weighted by Gasteiger charge is -2.13. The van der Waals surface area contributed by atoms with E-state index in [4.69, 9.17) is 22.1 Å². The van der Waals surface area contributed by atoms with Gasteiger partial charge in [0.15, 0.2) is 0 Å². The molecule has 0 unspecified atom stereocenters. The molecule has 0 bridgehead atoms. The van der Waals surface area contributed by atoms with Gasteiger partial charge in [0.25, 0.3) is 5.91 Å². The summed E-state index contributed by atoms with van der Waals surface area (Å²) in [6.45, 7) is 2.56. The molecule has 0 fully saturated rings. The van der Waals surface area contributed by atoms with Gasteiger partial charge in [0.1, 0.15) is 0 Å². The second-order valence-electron chi connectivity index (χ2n) is 6.68. The third-order valence-electron chi connectivity index (χ3n) is 4.98. The number of carbonyl (C=O) groups is 2. The summed E-state index contributed by atoms with van der Waals surface area (Å²) in [5.74, 6) is -0.814. The molecule has 5 nitrogen and oxygen atoms in total. The number of methoxy groups -OCH3 is 1. The minimum absolute atomic E-state index is 0.203. The molecule has 1 amide bonds. The highest BCUT2D eigenvalue weighted by molar-refractivity contribution is 7.09. The Morgan fingerprint density at radius 3 is 2.55 bits per heavy atom. The van der Waals surface area contributed by atoms with Crippen LogP contribution in [0.15, 0.2) is 41.8 Å². The molecular formula is C22H23ClN2O3S. The van der Waals surface area contributed by atoms with E-state index in [9.17, 15) is 9.59 Å². The second kappa shape index (κ2) is 9.29. The molecule has 1 aromatic carbocycles. The fourth-order valence-electron chi connectivity index (χ4n) is 3.62. The van der Waals surface area contributed by atoms with Crippen LogP contribution in [0.4, 0.5) is 0 Å². The van der Waals surface area contributed by atoms with E-state index in [2.05, 4.69) is 10.6 Å². The van der Waals surface area contributed by atoms with Crippen molar-refractivity contribution in [1.82, 2.24) is 4.57 Å². The fourth-order valence-corrected chi connectivity index (χ4v) is 4.54. The molecule has 2 aromatic heterocycles. The third-order valence-corrected chi connectivity index (χ3v) is 6.24. The van der Waals surface area contributed by atoms with E-state index in [0.717, 1.165) is 23.4 Å². The minimum atomic E-state index is -0.508. The van der Waals surface area contributed by atoms with E-state index in [1.165, 1.54) is 12.0 Å². The van der Waals surface area contributed by atoms with E-state index in [0.29, 0.717) is 29.1 Å². The van der Waals surface area contributed by atoms with Crippen LogP contribution in [0.1, 0.15) is 33.0 Å². The van der Waals surface area contributed by atoms with Crippen molar-refractivity contribution in [1.29, 1.82) is 0 Å². The summed E-state index contributed by atoms with van der Waals surface area (Å²) in [7, 11) is 1.37. The summed E-state index contributed by atoms with van der Waals surface area (Å²) in [5.41, 5.74) is 9.31. The molecule has 0 saturated heterocycles. The molecule has 29 heavy (non-hydrogen) atoms. The molecule has 0 saturated carbocycles. The molecule has 0 radical (unpaired) electrons. The predicted molar refractivity (Wildman–Crippen MR) is 116 cm³/mol. The number of amides is 1. The Bertz CT molecular complexity index is 1030. The number of halogens is 1. The average Bonchev–Trinajstić information content (AvgIpc) is 3.31. The van der Waals surface area contributed by atoms with Crippen LogP contribution < -0.4 is 5.73 Å². The largest absolute Gasteiger partial charge is 0.469 e. The molecule has 0 aliphatic heterocycles. The van der Waals surface area contributed by atoms with Crippen molar-refractivity contribution in [3.05, 3.63) is 68.6 Å². The summed E-state index contributed by atoms with van der Waals surface area (Å²) in [6.07, 6.45) is 1.44. The first-order valence-corrected chi connectivity index (χ1v) is 10.6. The lowest BCUT2D eigenvalue weighted by Crippen LogP contribution is -2.14. The molecule has 0 atom stereocenters. The third kappa shape index (κ3) is 4.54. The summed E-state index contributed by atoms with van der Waals surface area (Å²) in [4.78, 5) is 25.5. The van der Waals surface area contributed by atoms with Crippen molar-refractivity contribution >= 4 is 34.8 Å². The number of nitrogens with zero attached hydrogens (tertiary/aromatic N) is 1. The topological polar surface area (TPSA) is 74.3 Å². The van der Waals surface area contributed by atoms with Gasteiger partial charge in [0, 0.05) is 39.0 Å². The number of ether oxygens (including phenoxy) is 1. The van der Waals surface area contributed by atoms with Gasteiger partial charge in [-0.1, -0.05) is 35.9 Å². The Morgan fingerprint density at radius 2 is 1.93 bits per heavy atom. The fraction of sp³-hybridized carbons (Fsp3) is 0.273. The van der Waals surface area contributed by atoms with Gasteiger partial charge < -0.3 is 15.0 Å². The van der Waals surface area contributed by atoms with Crippen LogP contribution in [-0.2, 0) is 28.9 Å². The summed E-state index contributed by atoms with van der Waals surface area (Å²) < 4.78 is 6.91. The highest BCUT2D eigenvalue weighted by atomic mass is 35.5. The molecule has 7 heteroatoms. The van der Waals surface area contributed by atoms with Gasteiger partial charge in [-0.15, -0.1) is 11.3 Å². The second-order valence-corrected chi connectivity index (χ2v) is 8.12. The number of primary amides is 1. The highest BCUT2D eigenvalue weighted by Gasteiger charge is 2.26. The zero-order valence-corrected chi connectivity index (χ0v) is 18.0. The molecule has 152 valence electrons. The molecule has 0 aliphatic rings. The van der Waals surface area contributed by atoms with Gasteiger partial charge in [-0.3, -0.25) is 9.59 Å². The van der Waals surface area contributed by atoms with Gasteiger partial charge in [0.05, 0.1) is 19.1 Å². The molecule has 2 heterocycles. The minimum Gasteiger partial charge on any atom is -0.469 e. The predicted octanol–water partition coefficient (Wildman–Crippen LogP) is 4.63. The van der Waals surface area contributed by atoms with E-state index in [1.807, 2.05) is 36.6 Å². The number of benzene rings is 1. The first-order chi connectivity index (χ1) is 13.9. The van der Waals surface area contributed by atoms with Gasteiger partial charge in [0.2, 0.25) is 0 Å². The molecule has 0 aliphatic carbocycles. The maximum Gasteiger partial charge on any atom is 0.305 e. The van der Waals surface area contributed by atoms with Crippen molar-refractivity contribution in [3.63, 3.8) is 0 Å². The zero-order chi connectivity index (χ0) is 21.0. The van der Waals surface area contributed by atoms with E-state index < -0.39 is 5.91 Å². The van der Waals surface area contributed by atoms with Crippen LogP contribution in [0.25, 0.3) is 11.1 Å². The normalized spacial score (nSPS) is 10.9. The molecule has 0 spiro atoms. The highest BCUT2D eigenvalue weighted by Crippen LogP contribution is 2.37. The monoisotopic (exact) mass is 430 g/mol. The number of hydrogen-bond donors (Lipinski definition) is 1. The van der Waals surface area contributed by atoms with Gasteiger partial charge in [-0.05, 0) is 37.3 Å². The van der Waals surface area contributed by atoms with Crippen LogP contribution >= 0.6 is 22.9 Å². The van der Waals surface area contributed by atoms with Crippen LogP contribution in [0, 0.1) is 6.92 Å². The molecule has 3 aromatic rings. The lowest BCUT2D eigenvalue weighted by atomic mass is 9.98. The molecule has 3 rings (SSSR count). The maximum atomic E-state index is 12.4. The summed E-state index contributed by atoms with van der Waals surface area (Å²) >= 11 is 8.16. The Labute approximate surface area is 179 Å². The van der Waals surface area contributed by atoms with E-state index in [1.54, 1.807) is 17.4 Å². The molecular weight excluding hydrogens is 408 g/mol. The van der Waals surface area contributed by atoms with Crippen LogP contribution in [0.5, 0.6) is 0 Å². The number of hydrogen-bond acceptors (Lipinski definition) is 4. The van der Waals surface area contributed by atoms with Crippen molar-refractivity contribution in [2.24, 2.45) is 5.73 Å². The number of aryl methyl sites for hydroxylation is 1. The number of thiophene rings is 1. The molecule has 2 N–H and O–H groups in total. The van der Waals surface area contributed by atoms with Gasteiger partial charge in [-0.2, -0.15) is 0 Å². The number of rotatable bonds is 8. The first kappa shape index (κ1) is 21.1. The Balaban J connectivity index is 2.15.